The van der Waals surface area contributed by atoms with Crippen LogP contribution in [0, 0.1) is 11.8 Å². The topological polar surface area (TPSA) is 0 Å². The van der Waals surface area contributed by atoms with E-state index in [-0.39, 0.29) is 0 Å². The zero-order chi connectivity index (χ0) is 21.7. The molecule has 0 aliphatic rings. The lowest BCUT2D eigenvalue weighted by atomic mass is 9.99. The third kappa shape index (κ3) is 19.1. The molecule has 0 aliphatic carbocycles. The van der Waals surface area contributed by atoms with Crippen molar-refractivity contribution in [2.24, 2.45) is 11.8 Å². The largest absolute Gasteiger partial charge is 0.161 e. The SMILES string of the molecule is CCC(C)CCCCCCCCCC(SC)C(CCCCCCCC(C)C)SC. The fourth-order valence-corrected chi connectivity index (χ4v) is 6.62. The van der Waals surface area contributed by atoms with Gasteiger partial charge >= 0.3 is 0 Å². The summed E-state index contributed by atoms with van der Waals surface area (Å²) < 4.78 is 0. The van der Waals surface area contributed by atoms with Crippen LogP contribution in [0.2, 0.25) is 0 Å². The molecule has 0 nitrogen and oxygen atoms in total. The van der Waals surface area contributed by atoms with Crippen molar-refractivity contribution in [1.82, 2.24) is 0 Å². The van der Waals surface area contributed by atoms with Gasteiger partial charge in [0.1, 0.15) is 0 Å². The highest BCUT2D eigenvalue weighted by molar-refractivity contribution is 8.03. The van der Waals surface area contributed by atoms with Crippen molar-refractivity contribution in [2.45, 2.75) is 147 Å². The van der Waals surface area contributed by atoms with Gasteiger partial charge < -0.3 is 0 Å². The minimum atomic E-state index is 0.876. The first kappa shape index (κ1) is 29.7. The lowest BCUT2D eigenvalue weighted by Crippen LogP contribution is -2.19. The number of rotatable bonds is 22. The van der Waals surface area contributed by atoms with E-state index in [4.69, 9.17) is 0 Å². The first-order valence-corrected chi connectivity index (χ1v) is 15.7. The minimum absolute atomic E-state index is 0.876. The maximum Gasteiger partial charge on any atom is 0.0163 e. The molecule has 0 amide bonds. The maximum atomic E-state index is 2.40. The second-order valence-corrected chi connectivity index (χ2v) is 12.0. The molecule has 3 unspecified atom stereocenters. The summed E-state index contributed by atoms with van der Waals surface area (Å²) in [7, 11) is 0. The minimum Gasteiger partial charge on any atom is -0.161 e. The fourth-order valence-electron chi connectivity index (χ4n) is 4.27. The molecule has 0 N–H and O–H groups in total. The van der Waals surface area contributed by atoms with E-state index in [9.17, 15) is 0 Å². The summed E-state index contributed by atoms with van der Waals surface area (Å²) >= 11 is 4.27. The first-order chi connectivity index (χ1) is 14.0. The molecule has 2 heteroatoms. The van der Waals surface area contributed by atoms with Crippen LogP contribution in [0.15, 0.2) is 0 Å². The average Bonchev–Trinajstić information content (AvgIpc) is 2.71. The molecule has 0 heterocycles. The average molecular weight is 445 g/mol. The van der Waals surface area contributed by atoms with Crippen LogP contribution >= 0.6 is 23.5 Å². The van der Waals surface area contributed by atoms with E-state index < -0.39 is 0 Å². The molecule has 0 rings (SSSR count). The second kappa shape index (κ2) is 21.9. The van der Waals surface area contributed by atoms with Gasteiger partial charge in [0.15, 0.2) is 0 Å². The van der Waals surface area contributed by atoms with Crippen LogP contribution in [-0.4, -0.2) is 23.0 Å². The van der Waals surface area contributed by atoms with Gasteiger partial charge in [-0.3, -0.25) is 0 Å². The van der Waals surface area contributed by atoms with Gasteiger partial charge in [-0.2, -0.15) is 23.5 Å². The van der Waals surface area contributed by atoms with Crippen molar-refractivity contribution < 1.29 is 0 Å². The van der Waals surface area contributed by atoms with Crippen LogP contribution in [0.5, 0.6) is 0 Å². The lowest BCUT2D eigenvalue weighted by Gasteiger charge is -2.24. The third-order valence-electron chi connectivity index (χ3n) is 6.67. The Morgan fingerprint density at radius 3 is 1.17 bits per heavy atom. The van der Waals surface area contributed by atoms with Gasteiger partial charge in [-0.1, -0.05) is 124 Å². The third-order valence-corrected chi connectivity index (χ3v) is 9.18. The summed E-state index contributed by atoms with van der Waals surface area (Å²) in [6, 6.07) is 0. The summed E-state index contributed by atoms with van der Waals surface area (Å²) in [5.74, 6) is 1.82. The van der Waals surface area contributed by atoms with Crippen molar-refractivity contribution in [2.75, 3.05) is 12.5 Å². The van der Waals surface area contributed by atoms with E-state index in [2.05, 4.69) is 63.7 Å². The van der Waals surface area contributed by atoms with Crippen molar-refractivity contribution in [3.63, 3.8) is 0 Å². The Balaban J connectivity index is 3.69. The highest BCUT2D eigenvalue weighted by Crippen LogP contribution is 2.30. The van der Waals surface area contributed by atoms with Crippen LogP contribution in [-0.2, 0) is 0 Å². The Morgan fingerprint density at radius 1 is 0.483 bits per heavy atom. The standard InChI is InChI=1S/C27H56S2/c1-7-25(4)21-17-13-9-8-10-14-18-22-26(28-5)27(29-6)23-19-15-11-12-16-20-24(2)3/h24-27H,7-23H2,1-6H3. The zero-order valence-corrected chi connectivity index (χ0v) is 22.8. The maximum absolute atomic E-state index is 2.40. The molecule has 176 valence electrons. The highest BCUT2D eigenvalue weighted by atomic mass is 32.2. The summed E-state index contributed by atoms with van der Waals surface area (Å²) in [5, 5.41) is 1.75. The Kier molecular flexibility index (Phi) is 22.4. The van der Waals surface area contributed by atoms with Crippen molar-refractivity contribution in [1.29, 1.82) is 0 Å². The lowest BCUT2D eigenvalue weighted by molar-refractivity contribution is 0.469. The monoisotopic (exact) mass is 444 g/mol. The molecule has 0 bridgehead atoms. The van der Waals surface area contributed by atoms with Gasteiger partial charge in [-0.15, -0.1) is 0 Å². The van der Waals surface area contributed by atoms with Gasteiger partial charge in [0.2, 0.25) is 0 Å². The molecular formula is C27H56S2. The van der Waals surface area contributed by atoms with E-state index in [0.29, 0.717) is 0 Å². The number of hydrogen-bond acceptors (Lipinski definition) is 2. The summed E-state index contributed by atoms with van der Waals surface area (Å²) in [6.07, 6.45) is 29.2. The highest BCUT2D eigenvalue weighted by Gasteiger charge is 2.19. The second-order valence-electron chi connectivity index (χ2n) is 9.85. The fraction of sp³-hybridized carbons (Fsp3) is 1.00. The number of thioether (sulfide) groups is 2. The number of unbranched alkanes of at least 4 members (excludes halogenated alkanes) is 10. The van der Waals surface area contributed by atoms with Crippen molar-refractivity contribution in [3.05, 3.63) is 0 Å². The van der Waals surface area contributed by atoms with E-state index in [1.807, 2.05) is 0 Å². The molecule has 0 radical (unpaired) electrons. The molecule has 0 saturated carbocycles. The number of hydrogen-bond donors (Lipinski definition) is 0. The molecule has 29 heavy (non-hydrogen) atoms. The quantitative estimate of drug-likeness (QED) is 0.152. The van der Waals surface area contributed by atoms with Crippen molar-refractivity contribution in [3.8, 4) is 0 Å². The van der Waals surface area contributed by atoms with E-state index in [1.165, 1.54) is 109 Å². The van der Waals surface area contributed by atoms with Gasteiger partial charge in [0, 0.05) is 10.5 Å². The predicted octanol–water partition coefficient (Wildman–Crippen LogP) is 10.4. The van der Waals surface area contributed by atoms with Gasteiger partial charge in [-0.25, -0.2) is 0 Å². The van der Waals surface area contributed by atoms with E-state index >= 15 is 0 Å². The predicted molar refractivity (Wildman–Crippen MR) is 143 cm³/mol. The van der Waals surface area contributed by atoms with Crippen LogP contribution in [0.1, 0.15) is 137 Å². The first-order valence-electron chi connectivity index (χ1n) is 13.1. The van der Waals surface area contributed by atoms with Gasteiger partial charge in [0.25, 0.3) is 0 Å². The smallest absolute Gasteiger partial charge is 0.0163 e. The van der Waals surface area contributed by atoms with Crippen LogP contribution < -0.4 is 0 Å². The molecule has 0 aliphatic heterocycles. The Labute approximate surface area is 194 Å². The van der Waals surface area contributed by atoms with Crippen molar-refractivity contribution >= 4 is 23.5 Å². The van der Waals surface area contributed by atoms with Crippen LogP contribution in [0.4, 0.5) is 0 Å². The normalized spacial score (nSPS) is 15.0. The van der Waals surface area contributed by atoms with Crippen LogP contribution in [0.25, 0.3) is 0 Å². The Bertz CT molecular complexity index is 316. The molecule has 0 spiro atoms. The molecular weight excluding hydrogens is 388 g/mol. The summed E-state index contributed by atoms with van der Waals surface area (Å²) in [5.41, 5.74) is 0. The molecule has 0 fully saturated rings. The molecule has 0 saturated heterocycles. The molecule has 0 aromatic rings. The summed E-state index contributed by atoms with van der Waals surface area (Å²) in [4.78, 5) is 0. The Hall–Kier alpha value is 0.700. The zero-order valence-electron chi connectivity index (χ0n) is 21.1. The molecule has 3 atom stereocenters. The van der Waals surface area contributed by atoms with Gasteiger partial charge in [0.05, 0.1) is 0 Å². The Morgan fingerprint density at radius 2 is 0.828 bits per heavy atom. The molecule has 0 aromatic carbocycles. The molecule has 0 aromatic heterocycles. The van der Waals surface area contributed by atoms with E-state index in [1.54, 1.807) is 0 Å². The van der Waals surface area contributed by atoms with Gasteiger partial charge in [-0.05, 0) is 37.2 Å². The van der Waals surface area contributed by atoms with E-state index in [0.717, 1.165) is 22.3 Å². The summed E-state index contributed by atoms with van der Waals surface area (Å²) in [6.45, 7) is 9.42. The van der Waals surface area contributed by atoms with Crippen LogP contribution in [0.3, 0.4) is 0 Å².